The molecule has 18 heavy (non-hydrogen) atoms. The predicted octanol–water partition coefficient (Wildman–Crippen LogP) is 2.06. The van der Waals surface area contributed by atoms with E-state index in [1.807, 2.05) is 19.1 Å². The number of fused-ring (bicyclic) bond motifs is 1. The monoisotopic (exact) mass is 246 g/mol. The topological polar surface area (TPSA) is 57.4 Å². The lowest BCUT2D eigenvalue weighted by Gasteiger charge is -2.12. The van der Waals surface area contributed by atoms with E-state index in [2.05, 4.69) is 11.1 Å². The summed E-state index contributed by atoms with van der Waals surface area (Å²) < 4.78 is 10.7. The Hall–Kier alpha value is -1.81. The summed E-state index contributed by atoms with van der Waals surface area (Å²) in [5, 5.41) is 1.04. The second-order valence-electron chi connectivity index (χ2n) is 4.19. The van der Waals surface area contributed by atoms with E-state index in [1.165, 1.54) is 5.56 Å². The highest BCUT2D eigenvalue weighted by Gasteiger charge is 2.11. The molecule has 0 aliphatic rings. The van der Waals surface area contributed by atoms with Crippen molar-refractivity contribution >= 4 is 10.9 Å². The Morgan fingerprint density at radius 1 is 1.17 bits per heavy atom. The zero-order valence-corrected chi connectivity index (χ0v) is 11.0. The first-order chi connectivity index (χ1) is 8.69. The van der Waals surface area contributed by atoms with Crippen LogP contribution in [0.5, 0.6) is 11.5 Å². The van der Waals surface area contributed by atoms with Crippen molar-refractivity contribution in [2.24, 2.45) is 5.73 Å². The van der Waals surface area contributed by atoms with Gasteiger partial charge in [0.2, 0.25) is 0 Å². The van der Waals surface area contributed by atoms with Gasteiger partial charge in [0.25, 0.3) is 0 Å². The van der Waals surface area contributed by atoms with Crippen LogP contribution in [0.25, 0.3) is 10.9 Å². The van der Waals surface area contributed by atoms with E-state index in [0.717, 1.165) is 34.5 Å². The lowest BCUT2D eigenvalue weighted by Crippen LogP contribution is -2.04. The summed E-state index contributed by atoms with van der Waals surface area (Å²) >= 11 is 0. The van der Waals surface area contributed by atoms with Crippen molar-refractivity contribution < 1.29 is 9.47 Å². The molecule has 1 heterocycles. The zero-order chi connectivity index (χ0) is 13.1. The van der Waals surface area contributed by atoms with Gasteiger partial charge in [-0.2, -0.15) is 0 Å². The fourth-order valence-corrected chi connectivity index (χ4v) is 2.12. The summed E-state index contributed by atoms with van der Waals surface area (Å²) in [6.45, 7) is 2.58. The van der Waals surface area contributed by atoms with Crippen molar-refractivity contribution in [1.82, 2.24) is 4.98 Å². The molecule has 0 bridgehead atoms. The van der Waals surface area contributed by atoms with Gasteiger partial charge in [0, 0.05) is 17.1 Å². The fourth-order valence-electron chi connectivity index (χ4n) is 2.12. The van der Waals surface area contributed by atoms with E-state index in [0.29, 0.717) is 6.54 Å². The number of aromatic nitrogens is 1. The van der Waals surface area contributed by atoms with Crippen molar-refractivity contribution in [3.8, 4) is 11.5 Å². The molecule has 0 radical (unpaired) electrons. The van der Waals surface area contributed by atoms with Crippen LogP contribution in [0.2, 0.25) is 0 Å². The second kappa shape index (κ2) is 5.23. The van der Waals surface area contributed by atoms with Crippen molar-refractivity contribution in [3.63, 3.8) is 0 Å². The Bertz CT molecular complexity index is 567. The first kappa shape index (κ1) is 12.6. The highest BCUT2D eigenvalue weighted by Crippen LogP contribution is 2.32. The molecule has 96 valence electrons. The molecule has 0 spiro atoms. The predicted molar refractivity (Wildman–Crippen MR) is 72.3 cm³/mol. The molecule has 1 aromatic carbocycles. The van der Waals surface area contributed by atoms with E-state index in [4.69, 9.17) is 15.2 Å². The Kier molecular flexibility index (Phi) is 3.67. The van der Waals surface area contributed by atoms with Gasteiger partial charge in [-0.3, -0.25) is 0 Å². The van der Waals surface area contributed by atoms with Crippen LogP contribution in [0.1, 0.15) is 11.3 Å². The second-order valence-corrected chi connectivity index (χ2v) is 4.19. The average Bonchev–Trinajstić information content (AvgIpc) is 2.38. The number of hydrogen-bond donors (Lipinski definition) is 1. The van der Waals surface area contributed by atoms with Gasteiger partial charge in [-0.1, -0.05) is 0 Å². The van der Waals surface area contributed by atoms with Crippen LogP contribution < -0.4 is 15.2 Å². The van der Waals surface area contributed by atoms with E-state index in [1.54, 1.807) is 14.2 Å². The number of benzene rings is 1. The van der Waals surface area contributed by atoms with E-state index < -0.39 is 0 Å². The quantitative estimate of drug-likeness (QED) is 0.897. The summed E-state index contributed by atoms with van der Waals surface area (Å²) in [7, 11) is 3.28. The molecule has 0 saturated carbocycles. The largest absolute Gasteiger partial charge is 0.497 e. The molecular formula is C14H18N2O2. The van der Waals surface area contributed by atoms with E-state index >= 15 is 0 Å². The number of nitrogens with two attached hydrogens (primary N) is 1. The van der Waals surface area contributed by atoms with Gasteiger partial charge in [-0.05, 0) is 37.6 Å². The summed E-state index contributed by atoms with van der Waals surface area (Å²) in [6.07, 6.45) is 0.816. The van der Waals surface area contributed by atoms with Crippen molar-refractivity contribution in [2.75, 3.05) is 20.8 Å². The zero-order valence-electron chi connectivity index (χ0n) is 11.0. The third-order valence-corrected chi connectivity index (χ3v) is 2.93. The average molecular weight is 246 g/mol. The molecule has 0 aliphatic carbocycles. The van der Waals surface area contributed by atoms with Gasteiger partial charge in [-0.25, -0.2) is 4.98 Å². The summed E-state index contributed by atoms with van der Waals surface area (Å²) in [5.74, 6) is 1.49. The standard InChI is InChI=1S/C14H18N2O2/c1-9-6-10(4-5-15)12-7-11(17-2)8-13(18-3)14(12)16-9/h6-8H,4-5,15H2,1-3H3. The lowest BCUT2D eigenvalue weighted by atomic mass is 10.0. The molecular weight excluding hydrogens is 228 g/mol. The number of aryl methyl sites for hydroxylation is 1. The minimum absolute atomic E-state index is 0.609. The van der Waals surface area contributed by atoms with Crippen molar-refractivity contribution in [1.29, 1.82) is 0 Å². The number of ether oxygens (including phenoxy) is 2. The Balaban J connectivity index is 2.76. The lowest BCUT2D eigenvalue weighted by molar-refractivity contribution is 0.397. The van der Waals surface area contributed by atoms with Gasteiger partial charge >= 0.3 is 0 Å². The minimum atomic E-state index is 0.609. The third-order valence-electron chi connectivity index (χ3n) is 2.93. The highest BCUT2D eigenvalue weighted by molar-refractivity contribution is 5.89. The van der Waals surface area contributed by atoms with E-state index in [-0.39, 0.29) is 0 Å². The van der Waals surface area contributed by atoms with Crippen LogP contribution in [0.3, 0.4) is 0 Å². The molecule has 1 aromatic heterocycles. The molecule has 4 heteroatoms. The van der Waals surface area contributed by atoms with Gasteiger partial charge in [0.15, 0.2) is 0 Å². The maximum absolute atomic E-state index is 5.66. The highest BCUT2D eigenvalue weighted by atomic mass is 16.5. The number of methoxy groups -OCH3 is 2. The molecule has 0 unspecified atom stereocenters. The van der Waals surface area contributed by atoms with Crippen LogP contribution in [-0.4, -0.2) is 25.7 Å². The molecule has 0 atom stereocenters. The molecule has 0 fully saturated rings. The maximum Gasteiger partial charge on any atom is 0.148 e. The normalized spacial score (nSPS) is 10.7. The van der Waals surface area contributed by atoms with Gasteiger partial charge < -0.3 is 15.2 Å². The molecule has 2 rings (SSSR count). The number of nitrogens with zero attached hydrogens (tertiary/aromatic N) is 1. The van der Waals surface area contributed by atoms with Gasteiger partial charge in [-0.15, -0.1) is 0 Å². The molecule has 0 saturated heterocycles. The SMILES string of the molecule is COc1cc(OC)c2nc(C)cc(CCN)c2c1. The Morgan fingerprint density at radius 3 is 2.56 bits per heavy atom. The van der Waals surface area contributed by atoms with Gasteiger partial charge in [0.1, 0.15) is 17.0 Å². The van der Waals surface area contributed by atoms with Crippen molar-refractivity contribution in [3.05, 3.63) is 29.5 Å². The molecule has 0 aliphatic heterocycles. The number of pyridine rings is 1. The first-order valence-electron chi connectivity index (χ1n) is 5.92. The maximum atomic E-state index is 5.66. The van der Waals surface area contributed by atoms with Crippen LogP contribution in [0.4, 0.5) is 0 Å². The Morgan fingerprint density at radius 2 is 1.94 bits per heavy atom. The third kappa shape index (κ3) is 2.24. The van der Waals surface area contributed by atoms with Crippen LogP contribution >= 0.6 is 0 Å². The smallest absolute Gasteiger partial charge is 0.148 e. The summed E-state index contributed by atoms with van der Waals surface area (Å²) in [4.78, 5) is 4.54. The molecule has 2 aromatic rings. The number of rotatable bonds is 4. The minimum Gasteiger partial charge on any atom is -0.497 e. The molecule has 4 nitrogen and oxygen atoms in total. The van der Waals surface area contributed by atoms with Crippen molar-refractivity contribution in [2.45, 2.75) is 13.3 Å². The Labute approximate surface area is 107 Å². The molecule has 0 amide bonds. The summed E-state index contributed by atoms with van der Waals surface area (Å²) in [6, 6.07) is 5.89. The van der Waals surface area contributed by atoms with E-state index in [9.17, 15) is 0 Å². The summed E-state index contributed by atoms with van der Waals surface area (Å²) in [5.41, 5.74) is 8.67. The van der Waals surface area contributed by atoms with Crippen LogP contribution in [0.15, 0.2) is 18.2 Å². The molecule has 2 N–H and O–H groups in total. The number of hydrogen-bond acceptors (Lipinski definition) is 4. The van der Waals surface area contributed by atoms with Crippen LogP contribution in [-0.2, 0) is 6.42 Å². The van der Waals surface area contributed by atoms with Crippen LogP contribution in [0, 0.1) is 6.92 Å². The fraction of sp³-hybridized carbons (Fsp3) is 0.357. The van der Waals surface area contributed by atoms with Gasteiger partial charge in [0.05, 0.1) is 14.2 Å². The first-order valence-corrected chi connectivity index (χ1v) is 5.92.